The maximum Gasteiger partial charge on any atom is 0.306 e. The Morgan fingerprint density at radius 2 is 0.549 bits per heavy atom. The minimum Gasteiger partial charge on any atom is -0.462 e. The van der Waals surface area contributed by atoms with Crippen LogP contribution in [0.25, 0.3) is 0 Å². The maximum absolute atomic E-state index is 12.9. The second kappa shape index (κ2) is 59.7. The average molecular weight is 994 g/mol. The quantitative estimate of drug-likeness (QED) is 0.0261. The molecule has 0 radical (unpaired) electrons. The zero-order valence-electron chi connectivity index (χ0n) is 47.2. The van der Waals surface area contributed by atoms with E-state index in [2.05, 4.69) is 81.5 Å². The molecule has 0 aromatic carbocycles. The summed E-state index contributed by atoms with van der Waals surface area (Å²) in [4.78, 5) is 38.3. The van der Waals surface area contributed by atoms with Gasteiger partial charge in [-0.3, -0.25) is 14.4 Å². The van der Waals surface area contributed by atoms with Crippen molar-refractivity contribution >= 4 is 17.9 Å². The van der Waals surface area contributed by atoms with E-state index in [4.69, 9.17) is 14.2 Å². The van der Waals surface area contributed by atoms with E-state index in [1.807, 2.05) is 0 Å². The van der Waals surface area contributed by atoms with Crippen LogP contribution in [0.15, 0.2) is 60.8 Å². The van der Waals surface area contributed by atoms with Gasteiger partial charge in [0.1, 0.15) is 13.2 Å². The van der Waals surface area contributed by atoms with Gasteiger partial charge in [0.05, 0.1) is 0 Å². The standard InChI is InChI=1S/C65H116O6/c1-4-7-10-13-16-19-22-25-28-31-32-35-37-40-43-46-49-52-55-58-64(67)70-61-62(71-65(68)59-56-53-50-47-44-41-38-34-30-27-24-21-18-15-12-9-6-3)60-69-63(66)57-54-51-48-45-42-39-36-33-29-26-23-20-17-14-11-8-5-2/h9,12,18,21,25-30,62H,4-8,10-11,13-17,19-20,22-24,31-61H2,1-3H3/b12-9-,21-18-,28-25-,29-26-,30-27-. The Kier molecular flexibility index (Phi) is 57.2. The molecule has 0 aliphatic carbocycles. The van der Waals surface area contributed by atoms with E-state index in [0.717, 1.165) is 83.5 Å². The van der Waals surface area contributed by atoms with Gasteiger partial charge in [0, 0.05) is 19.3 Å². The molecule has 6 heteroatoms. The van der Waals surface area contributed by atoms with Crippen molar-refractivity contribution in [2.24, 2.45) is 0 Å². The van der Waals surface area contributed by atoms with Crippen LogP contribution < -0.4 is 0 Å². The summed E-state index contributed by atoms with van der Waals surface area (Å²) in [6.45, 7) is 6.55. The highest BCUT2D eigenvalue weighted by atomic mass is 16.6. The average Bonchev–Trinajstić information content (AvgIpc) is 3.37. The summed E-state index contributed by atoms with van der Waals surface area (Å²) in [5.41, 5.74) is 0. The maximum atomic E-state index is 12.9. The third kappa shape index (κ3) is 57.9. The molecule has 0 aromatic heterocycles. The zero-order valence-corrected chi connectivity index (χ0v) is 47.2. The molecule has 1 atom stereocenters. The van der Waals surface area contributed by atoms with Gasteiger partial charge in [-0.05, 0) is 103 Å². The molecule has 6 nitrogen and oxygen atoms in total. The van der Waals surface area contributed by atoms with Crippen LogP contribution in [0.4, 0.5) is 0 Å². The van der Waals surface area contributed by atoms with Crippen molar-refractivity contribution in [3.05, 3.63) is 60.8 Å². The topological polar surface area (TPSA) is 78.9 Å². The molecule has 0 heterocycles. The van der Waals surface area contributed by atoms with Crippen LogP contribution in [-0.2, 0) is 28.6 Å². The van der Waals surface area contributed by atoms with E-state index >= 15 is 0 Å². The Balaban J connectivity index is 4.37. The summed E-state index contributed by atoms with van der Waals surface area (Å²) in [7, 11) is 0. The molecule has 0 fully saturated rings. The second-order valence-electron chi connectivity index (χ2n) is 20.6. The van der Waals surface area contributed by atoms with Gasteiger partial charge in [-0.15, -0.1) is 0 Å². The number of carbonyl (C=O) groups is 3. The van der Waals surface area contributed by atoms with E-state index < -0.39 is 6.10 Å². The van der Waals surface area contributed by atoms with E-state index in [1.54, 1.807) is 0 Å². The molecule has 412 valence electrons. The molecule has 0 saturated carbocycles. The van der Waals surface area contributed by atoms with Gasteiger partial charge < -0.3 is 14.2 Å². The third-order valence-corrected chi connectivity index (χ3v) is 13.5. The van der Waals surface area contributed by atoms with Crippen LogP contribution in [0, 0.1) is 0 Å². The lowest BCUT2D eigenvalue weighted by molar-refractivity contribution is -0.167. The Labute approximate surface area is 440 Å². The molecular weight excluding hydrogens is 877 g/mol. The molecule has 0 aromatic rings. The Hall–Kier alpha value is -2.89. The number of allylic oxidation sites excluding steroid dienone is 10. The number of unbranched alkanes of at least 4 members (excludes halogenated alkanes) is 35. The van der Waals surface area contributed by atoms with Crippen molar-refractivity contribution in [1.29, 1.82) is 0 Å². The number of carbonyl (C=O) groups excluding carboxylic acids is 3. The van der Waals surface area contributed by atoms with Crippen LogP contribution in [0.2, 0.25) is 0 Å². The van der Waals surface area contributed by atoms with Crippen LogP contribution in [0.3, 0.4) is 0 Å². The molecule has 0 rings (SSSR count). The summed E-state index contributed by atoms with van der Waals surface area (Å²) in [5, 5.41) is 0. The van der Waals surface area contributed by atoms with Gasteiger partial charge in [0.2, 0.25) is 0 Å². The van der Waals surface area contributed by atoms with Gasteiger partial charge in [0.25, 0.3) is 0 Å². The van der Waals surface area contributed by atoms with Gasteiger partial charge in [0.15, 0.2) is 6.10 Å². The summed E-state index contributed by atoms with van der Waals surface area (Å²) in [5.74, 6) is -0.880. The lowest BCUT2D eigenvalue weighted by Crippen LogP contribution is -2.30. The zero-order chi connectivity index (χ0) is 51.4. The van der Waals surface area contributed by atoms with Gasteiger partial charge in [-0.2, -0.15) is 0 Å². The minimum absolute atomic E-state index is 0.0791. The van der Waals surface area contributed by atoms with E-state index in [1.165, 1.54) is 193 Å². The lowest BCUT2D eigenvalue weighted by Gasteiger charge is -2.18. The molecule has 0 spiro atoms. The first-order chi connectivity index (χ1) is 35.0. The first kappa shape index (κ1) is 68.1. The van der Waals surface area contributed by atoms with E-state index in [9.17, 15) is 14.4 Å². The second-order valence-corrected chi connectivity index (χ2v) is 20.6. The minimum atomic E-state index is -0.782. The highest BCUT2D eigenvalue weighted by Gasteiger charge is 2.19. The van der Waals surface area contributed by atoms with Gasteiger partial charge in [-0.1, -0.05) is 255 Å². The molecule has 1 unspecified atom stereocenters. The Morgan fingerprint density at radius 3 is 0.873 bits per heavy atom. The summed E-state index contributed by atoms with van der Waals surface area (Å²) >= 11 is 0. The molecule has 0 amide bonds. The van der Waals surface area contributed by atoms with Crippen LogP contribution >= 0.6 is 0 Å². The van der Waals surface area contributed by atoms with Crippen LogP contribution in [0.5, 0.6) is 0 Å². The van der Waals surface area contributed by atoms with Crippen molar-refractivity contribution in [2.75, 3.05) is 13.2 Å². The SMILES string of the molecule is CC/C=C\C/C=C\C/C=C\CCCCCCCCCC(=O)OC(COC(=O)CCCCCCCCC/C=C\CCCCCCCC)COC(=O)CCCCCCCCCCC/C=C\CCCCCCCC. The fourth-order valence-corrected chi connectivity index (χ4v) is 8.86. The molecule has 0 saturated heterocycles. The largest absolute Gasteiger partial charge is 0.462 e. The molecule has 0 N–H and O–H groups in total. The smallest absolute Gasteiger partial charge is 0.306 e. The predicted molar refractivity (Wildman–Crippen MR) is 307 cm³/mol. The predicted octanol–water partition coefficient (Wildman–Crippen LogP) is 20.8. The third-order valence-electron chi connectivity index (χ3n) is 13.5. The fraction of sp³-hybridized carbons (Fsp3) is 0.800. The first-order valence-corrected chi connectivity index (χ1v) is 30.8. The van der Waals surface area contributed by atoms with Gasteiger partial charge >= 0.3 is 17.9 Å². The number of esters is 3. The van der Waals surface area contributed by atoms with Crippen LogP contribution in [0.1, 0.15) is 316 Å². The first-order valence-electron chi connectivity index (χ1n) is 30.8. The molecule has 0 aliphatic rings. The van der Waals surface area contributed by atoms with Crippen molar-refractivity contribution < 1.29 is 28.6 Å². The van der Waals surface area contributed by atoms with E-state index in [0.29, 0.717) is 19.3 Å². The normalized spacial score (nSPS) is 12.4. The number of hydrogen-bond donors (Lipinski definition) is 0. The summed E-state index contributed by atoms with van der Waals surface area (Å²) < 4.78 is 16.9. The number of rotatable bonds is 56. The Bertz CT molecular complexity index is 1280. The molecule has 0 bridgehead atoms. The van der Waals surface area contributed by atoms with E-state index in [-0.39, 0.29) is 31.1 Å². The highest BCUT2D eigenvalue weighted by molar-refractivity contribution is 5.71. The summed E-state index contributed by atoms with van der Waals surface area (Å²) in [6, 6.07) is 0. The van der Waals surface area contributed by atoms with Gasteiger partial charge in [-0.25, -0.2) is 0 Å². The summed E-state index contributed by atoms with van der Waals surface area (Å²) in [6.07, 6.45) is 75.0. The lowest BCUT2D eigenvalue weighted by atomic mass is 10.1. The fourth-order valence-electron chi connectivity index (χ4n) is 8.86. The highest BCUT2D eigenvalue weighted by Crippen LogP contribution is 2.16. The van der Waals surface area contributed by atoms with Crippen molar-refractivity contribution in [1.82, 2.24) is 0 Å². The molecular formula is C65H116O6. The van der Waals surface area contributed by atoms with Crippen LogP contribution in [-0.4, -0.2) is 37.2 Å². The van der Waals surface area contributed by atoms with Crippen molar-refractivity contribution in [3.8, 4) is 0 Å². The van der Waals surface area contributed by atoms with Crippen molar-refractivity contribution in [3.63, 3.8) is 0 Å². The molecule has 71 heavy (non-hydrogen) atoms. The number of hydrogen-bond acceptors (Lipinski definition) is 6. The van der Waals surface area contributed by atoms with Crippen molar-refractivity contribution in [2.45, 2.75) is 322 Å². The molecule has 0 aliphatic heterocycles. The number of ether oxygens (including phenoxy) is 3. The monoisotopic (exact) mass is 993 g/mol. The Morgan fingerprint density at radius 1 is 0.296 bits per heavy atom.